The van der Waals surface area contributed by atoms with Crippen LogP contribution in [-0.4, -0.2) is 29.3 Å². The van der Waals surface area contributed by atoms with Crippen molar-refractivity contribution in [2.24, 2.45) is 0 Å². The van der Waals surface area contributed by atoms with E-state index in [0.29, 0.717) is 22.5 Å². The summed E-state index contributed by atoms with van der Waals surface area (Å²) < 4.78 is 28.2. The van der Waals surface area contributed by atoms with Crippen molar-refractivity contribution in [3.8, 4) is 0 Å². The molecule has 0 aliphatic heterocycles. The van der Waals surface area contributed by atoms with Crippen molar-refractivity contribution in [1.29, 1.82) is 0 Å². The first kappa shape index (κ1) is 13.1. The Bertz CT molecular complexity index is 653. The second-order valence-electron chi connectivity index (χ2n) is 3.79. The van der Waals surface area contributed by atoms with Gasteiger partial charge in [-0.25, -0.2) is 0 Å². The van der Waals surface area contributed by atoms with Crippen molar-refractivity contribution in [2.75, 3.05) is 5.75 Å². The standard InChI is InChI=1S/C10H12ClN3O3S/c1-2-3-6-18(15,16)17-14-10-7-8(11)4-5-9(10)12-13-14/h4-5,7H,2-3,6H2,1H3. The molecule has 98 valence electrons. The normalized spacial score (nSPS) is 11.9. The predicted molar refractivity (Wildman–Crippen MR) is 67.8 cm³/mol. The van der Waals surface area contributed by atoms with Crippen LogP contribution < -0.4 is 4.28 Å². The Morgan fingerprint density at radius 3 is 2.94 bits per heavy atom. The van der Waals surface area contributed by atoms with Crippen molar-refractivity contribution in [3.05, 3.63) is 23.2 Å². The maximum absolute atomic E-state index is 11.6. The number of rotatable bonds is 5. The van der Waals surface area contributed by atoms with Gasteiger partial charge in [0.05, 0.1) is 5.75 Å². The lowest BCUT2D eigenvalue weighted by Gasteiger charge is -2.04. The van der Waals surface area contributed by atoms with E-state index >= 15 is 0 Å². The van der Waals surface area contributed by atoms with E-state index in [1.807, 2.05) is 6.92 Å². The van der Waals surface area contributed by atoms with Crippen LogP contribution in [0.4, 0.5) is 0 Å². The summed E-state index contributed by atoms with van der Waals surface area (Å²) in [6, 6.07) is 4.84. The molecule has 6 nitrogen and oxygen atoms in total. The molecule has 0 saturated carbocycles. The lowest BCUT2D eigenvalue weighted by molar-refractivity contribution is 0.244. The molecule has 0 saturated heterocycles. The minimum Gasteiger partial charge on any atom is -0.267 e. The van der Waals surface area contributed by atoms with Gasteiger partial charge < -0.3 is 0 Å². The average molecular weight is 290 g/mol. The van der Waals surface area contributed by atoms with Gasteiger partial charge in [0.2, 0.25) is 0 Å². The first-order chi connectivity index (χ1) is 8.52. The van der Waals surface area contributed by atoms with Gasteiger partial charge in [-0.2, -0.15) is 8.42 Å². The van der Waals surface area contributed by atoms with Gasteiger partial charge in [0.1, 0.15) is 11.0 Å². The van der Waals surface area contributed by atoms with Crippen molar-refractivity contribution in [3.63, 3.8) is 0 Å². The van der Waals surface area contributed by atoms with Gasteiger partial charge in [0, 0.05) is 5.02 Å². The summed E-state index contributed by atoms with van der Waals surface area (Å²) >= 11 is 5.83. The quantitative estimate of drug-likeness (QED) is 0.836. The van der Waals surface area contributed by atoms with E-state index < -0.39 is 10.1 Å². The van der Waals surface area contributed by atoms with Crippen molar-refractivity contribution >= 4 is 32.8 Å². The highest BCUT2D eigenvalue weighted by atomic mass is 35.5. The van der Waals surface area contributed by atoms with Gasteiger partial charge in [-0.3, -0.25) is 4.28 Å². The molecular weight excluding hydrogens is 278 g/mol. The molecule has 1 aromatic heterocycles. The molecule has 0 spiro atoms. The molecule has 2 rings (SSSR count). The van der Waals surface area contributed by atoms with Gasteiger partial charge in [-0.15, -0.1) is 5.10 Å². The molecule has 0 amide bonds. The summed E-state index contributed by atoms with van der Waals surface area (Å²) in [6.45, 7) is 1.90. The minimum absolute atomic E-state index is 0.0502. The van der Waals surface area contributed by atoms with E-state index in [-0.39, 0.29) is 5.75 Å². The maximum atomic E-state index is 11.6. The Labute approximate surface area is 110 Å². The number of unbranched alkanes of at least 4 members (excludes halogenated alkanes) is 1. The van der Waals surface area contributed by atoms with Crippen LogP contribution in [0.1, 0.15) is 19.8 Å². The molecule has 0 N–H and O–H groups in total. The van der Waals surface area contributed by atoms with Gasteiger partial charge >= 0.3 is 10.1 Å². The molecule has 1 heterocycles. The van der Waals surface area contributed by atoms with E-state index in [1.54, 1.807) is 18.2 Å². The Morgan fingerprint density at radius 2 is 2.22 bits per heavy atom. The van der Waals surface area contributed by atoms with E-state index in [9.17, 15) is 8.42 Å². The highest BCUT2D eigenvalue weighted by Crippen LogP contribution is 2.16. The molecule has 0 bridgehead atoms. The molecule has 1 aromatic carbocycles. The third-order valence-corrected chi connectivity index (χ3v) is 3.70. The summed E-state index contributed by atoms with van der Waals surface area (Å²) in [5.41, 5.74) is 0.938. The molecule has 18 heavy (non-hydrogen) atoms. The van der Waals surface area contributed by atoms with Crippen LogP contribution in [0.15, 0.2) is 18.2 Å². The van der Waals surface area contributed by atoms with Gasteiger partial charge in [0.15, 0.2) is 0 Å². The zero-order chi connectivity index (χ0) is 13.2. The lowest BCUT2D eigenvalue weighted by atomic mass is 10.3. The van der Waals surface area contributed by atoms with Crippen LogP contribution in [0.3, 0.4) is 0 Å². The first-order valence-electron chi connectivity index (χ1n) is 5.45. The lowest BCUT2D eigenvalue weighted by Crippen LogP contribution is -2.23. The first-order valence-corrected chi connectivity index (χ1v) is 7.41. The third kappa shape index (κ3) is 2.91. The number of hydrogen-bond donors (Lipinski definition) is 0. The Morgan fingerprint density at radius 1 is 1.44 bits per heavy atom. The summed E-state index contributed by atoms with van der Waals surface area (Å²) in [5.74, 6) is -0.0502. The van der Waals surface area contributed by atoms with E-state index in [1.165, 1.54) is 0 Å². The average Bonchev–Trinajstić information content (AvgIpc) is 2.69. The summed E-state index contributed by atoms with van der Waals surface area (Å²) in [5, 5.41) is 7.88. The topological polar surface area (TPSA) is 74.1 Å². The summed E-state index contributed by atoms with van der Waals surface area (Å²) in [6.07, 6.45) is 1.31. The molecule has 0 aliphatic rings. The van der Waals surface area contributed by atoms with Crippen LogP contribution in [0.2, 0.25) is 5.02 Å². The molecule has 0 fully saturated rings. The monoisotopic (exact) mass is 289 g/mol. The van der Waals surface area contributed by atoms with Crippen LogP contribution in [-0.2, 0) is 10.1 Å². The van der Waals surface area contributed by atoms with Gasteiger partial charge in [-0.1, -0.05) is 29.8 Å². The number of benzene rings is 1. The number of aromatic nitrogens is 3. The summed E-state index contributed by atoms with van der Waals surface area (Å²) in [7, 11) is -3.65. The molecule has 2 aromatic rings. The fourth-order valence-electron chi connectivity index (χ4n) is 1.39. The zero-order valence-corrected chi connectivity index (χ0v) is 11.3. The second-order valence-corrected chi connectivity index (χ2v) is 5.89. The fourth-order valence-corrected chi connectivity index (χ4v) is 2.60. The van der Waals surface area contributed by atoms with E-state index in [2.05, 4.69) is 10.3 Å². The van der Waals surface area contributed by atoms with Crippen molar-refractivity contribution < 1.29 is 12.7 Å². The van der Waals surface area contributed by atoms with Crippen LogP contribution in [0.25, 0.3) is 11.0 Å². The van der Waals surface area contributed by atoms with E-state index in [0.717, 1.165) is 11.3 Å². The number of fused-ring (bicyclic) bond motifs is 1. The number of hydrogen-bond acceptors (Lipinski definition) is 5. The van der Waals surface area contributed by atoms with Crippen molar-refractivity contribution in [2.45, 2.75) is 19.8 Å². The molecule has 0 aliphatic carbocycles. The van der Waals surface area contributed by atoms with Crippen LogP contribution in [0.5, 0.6) is 0 Å². The fraction of sp³-hybridized carbons (Fsp3) is 0.400. The third-order valence-electron chi connectivity index (χ3n) is 2.31. The van der Waals surface area contributed by atoms with Gasteiger partial charge in [-0.05, 0) is 29.8 Å². The Kier molecular flexibility index (Phi) is 3.72. The minimum atomic E-state index is -3.65. The Hall–Kier alpha value is -1.34. The summed E-state index contributed by atoms with van der Waals surface area (Å²) in [4.78, 5) is 0.881. The van der Waals surface area contributed by atoms with Gasteiger partial charge in [0.25, 0.3) is 0 Å². The number of halogens is 1. The predicted octanol–water partition coefficient (Wildman–Crippen LogP) is 1.64. The molecule has 0 radical (unpaired) electrons. The largest absolute Gasteiger partial charge is 0.328 e. The Balaban J connectivity index is 2.29. The van der Waals surface area contributed by atoms with E-state index in [4.69, 9.17) is 15.9 Å². The van der Waals surface area contributed by atoms with Crippen LogP contribution in [0, 0.1) is 0 Å². The molecule has 0 atom stereocenters. The highest BCUT2D eigenvalue weighted by Gasteiger charge is 2.15. The molecule has 0 unspecified atom stereocenters. The highest BCUT2D eigenvalue weighted by molar-refractivity contribution is 7.86. The van der Waals surface area contributed by atoms with Crippen molar-refractivity contribution in [1.82, 2.24) is 15.2 Å². The smallest absolute Gasteiger partial charge is 0.267 e. The second kappa shape index (κ2) is 5.11. The SMILES string of the molecule is CCCCS(=O)(=O)On1nnc2ccc(Cl)cc21. The molecule has 8 heteroatoms. The zero-order valence-electron chi connectivity index (χ0n) is 9.71. The number of nitrogens with zero attached hydrogens (tertiary/aromatic N) is 3. The van der Waals surface area contributed by atoms with Crippen LogP contribution >= 0.6 is 11.6 Å². The maximum Gasteiger partial charge on any atom is 0.328 e. The molecular formula is C10H12ClN3O3S.